The number of fused-ring (bicyclic) bond motifs is 2. The number of ether oxygens (including phenoxy) is 1. The summed E-state index contributed by atoms with van der Waals surface area (Å²) in [5.74, 6) is -1.00. The Morgan fingerprint density at radius 1 is 1.15 bits per heavy atom. The van der Waals surface area contributed by atoms with E-state index in [1.54, 1.807) is 36.5 Å². The number of aromatic nitrogens is 2. The highest BCUT2D eigenvalue weighted by atomic mass is 16.5. The highest BCUT2D eigenvalue weighted by Gasteiger charge is 2.15. The first-order chi connectivity index (χ1) is 13.0. The van der Waals surface area contributed by atoms with Gasteiger partial charge in [0.15, 0.2) is 5.43 Å². The second-order valence-corrected chi connectivity index (χ2v) is 6.02. The molecule has 0 aliphatic heterocycles. The number of benzene rings is 1. The van der Waals surface area contributed by atoms with Crippen molar-refractivity contribution in [3.63, 3.8) is 0 Å². The van der Waals surface area contributed by atoms with Gasteiger partial charge >= 0.3 is 5.97 Å². The summed E-state index contributed by atoms with van der Waals surface area (Å²) in [6, 6.07) is 12.6. The van der Waals surface area contributed by atoms with E-state index in [2.05, 4.69) is 4.98 Å². The molecule has 0 fully saturated rings. The lowest BCUT2D eigenvalue weighted by molar-refractivity contribution is 0.0431. The molecule has 134 valence electrons. The van der Waals surface area contributed by atoms with Crippen molar-refractivity contribution in [1.29, 1.82) is 0 Å². The van der Waals surface area contributed by atoms with Crippen LogP contribution in [0.2, 0.25) is 0 Å². The molecule has 0 unspecified atom stereocenters. The van der Waals surface area contributed by atoms with Crippen LogP contribution >= 0.6 is 0 Å². The summed E-state index contributed by atoms with van der Waals surface area (Å²) >= 11 is 0. The lowest BCUT2D eigenvalue weighted by Gasteiger charge is -2.07. The normalized spacial score (nSPS) is 11.0. The first-order valence-corrected chi connectivity index (χ1v) is 8.21. The summed E-state index contributed by atoms with van der Waals surface area (Å²) in [5.41, 5.74) is 1.32. The third-order valence-corrected chi connectivity index (χ3v) is 4.13. The van der Waals surface area contributed by atoms with E-state index in [9.17, 15) is 14.4 Å². The quantitative estimate of drug-likeness (QED) is 0.520. The van der Waals surface area contributed by atoms with Crippen LogP contribution in [0.3, 0.4) is 0 Å². The van der Waals surface area contributed by atoms with Crippen LogP contribution < -0.4 is 11.0 Å². The van der Waals surface area contributed by atoms with Gasteiger partial charge in [-0.15, -0.1) is 0 Å². The van der Waals surface area contributed by atoms with E-state index < -0.39 is 5.97 Å². The summed E-state index contributed by atoms with van der Waals surface area (Å²) < 4.78 is 12.0. The van der Waals surface area contributed by atoms with Crippen molar-refractivity contribution >= 4 is 22.6 Å². The lowest BCUT2D eigenvalue weighted by Crippen LogP contribution is -2.17. The number of nitrogens with zero attached hydrogens (tertiary/aromatic N) is 2. The minimum Gasteiger partial charge on any atom is -0.453 e. The second-order valence-electron chi connectivity index (χ2n) is 6.02. The fourth-order valence-electron chi connectivity index (χ4n) is 2.80. The van der Waals surface area contributed by atoms with Crippen LogP contribution in [0.15, 0.2) is 68.7 Å². The van der Waals surface area contributed by atoms with Crippen molar-refractivity contribution in [2.75, 3.05) is 0 Å². The number of aryl methyl sites for hydroxylation is 1. The summed E-state index contributed by atoms with van der Waals surface area (Å²) in [5, 5.41) is 0.383. The van der Waals surface area contributed by atoms with Crippen LogP contribution in [0.1, 0.15) is 21.8 Å². The van der Waals surface area contributed by atoms with E-state index in [-0.39, 0.29) is 23.4 Å². The van der Waals surface area contributed by atoms with Crippen LogP contribution in [0.5, 0.6) is 0 Å². The monoisotopic (exact) mass is 362 g/mol. The van der Waals surface area contributed by atoms with E-state index in [4.69, 9.17) is 9.15 Å². The molecule has 3 heterocycles. The fourth-order valence-corrected chi connectivity index (χ4v) is 2.80. The van der Waals surface area contributed by atoms with Gasteiger partial charge in [0.1, 0.15) is 17.8 Å². The molecule has 0 amide bonds. The molecule has 0 saturated heterocycles. The molecule has 0 bridgehead atoms. The Morgan fingerprint density at radius 2 is 1.96 bits per heavy atom. The summed E-state index contributed by atoms with van der Waals surface area (Å²) in [6.07, 6.45) is 1.62. The molecule has 4 rings (SSSR count). The van der Waals surface area contributed by atoms with E-state index >= 15 is 0 Å². The smallest absolute Gasteiger partial charge is 0.374 e. The standard InChI is InChI=1S/C20H14N2O5/c1-12-5-4-8-22-18(24)9-13(21-19(12)22)11-26-20(25)17-10-15(23)14-6-2-3-7-16(14)27-17/h2-10H,11H2,1H3. The van der Waals surface area contributed by atoms with Gasteiger partial charge in [0, 0.05) is 18.3 Å². The van der Waals surface area contributed by atoms with Crippen LogP contribution in [0.4, 0.5) is 0 Å². The summed E-state index contributed by atoms with van der Waals surface area (Å²) in [6.45, 7) is 1.62. The molecule has 7 nitrogen and oxygen atoms in total. The zero-order chi connectivity index (χ0) is 19.0. The number of hydrogen-bond donors (Lipinski definition) is 0. The number of pyridine rings is 1. The molecule has 27 heavy (non-hydrogen) atoms. The molecule has 3 aromatic heterocycles. The van der Waals surface area contributed by atoms with Gasteiger partial charge in [0.2, 0.25) is 5.76 Å². The van der Waals surface area contributed by atoms with Crippen LogP contribution in [-0.2, 0) is 11.3 Å². The van der Waals surface area contributed by atoms with Gasteiger partial charge in [-0.25, -0.2) is 9.78 Å². The zero-order valence-corrected chi connectivity index (χ0v) is 14.3. The Labute approximate surface area is 152 Å². The minimum absolute atomic E-state index is 0.201. The molecular weight excluding hydrogens is 348 g/mol. The number of hydrogen-bond acceptors (Lipinski definition) is 6. The molecule has 0 radical (unpaired) electrons. The molecule has 1 aromatic carbocycles. The number of carbonyl (C=O) groups is 1. The highest BCUT2D eigenvalue weighted by Crippen LogP contribution is 2.13. The number of carbonyl (C=O) groups excluding carboxylic acids is 1. The SMILES string of the molecule is Cc1cccn2c(=O)cc(COC(=O)c3cc(=O)c4ccccc4o3)nc12. The summed E-state index contributed by atoms with van der Waals surface area (Å²) in [4.78, 5) is 40.9. The third-order valence-electron chi connectivity index (χ3n) is 4.13. The molecule has 0 N–H and O–H groups in total. The average molecular weight is 362 g/mol. The number of para-hydroxylation sites is 1. The molecule has 7 heteroatoms. The average Bonchev–Trinajstić information content (AvgIpc) is 2.67. The van der Waals surface area contributed by atoms with E-state index in [0.29, 0.717) is 22.3 Å². The third kappa shape index (κ3) is 3.10. The van der Waals surface area contributed by atoms with Crippen molar-refractivity contribution in [3.8, 4) is 0 Å². The van der Waals surface area contributed by atoms with Crippen molar-refractivity contribution in [2.45, 2.75) is 13.5 Å². The number of rotatable bonds is 3. The topological polar surface area (TPSA) is 90.9 Å². The van der Waals surface area contributed by atoms with Crippen LogP contribution in [-0.4, -0.2) is 15.4 Å². The Bertz CT molecular complexity index is 1300. The molecule has 0 aliphatic carbocycles. The molecule has 0 aliphatic rings. The number of esters is 1. The maximum atomic E-state index is 12.3. The van der Waals surface area contributed by atoms with E-state index in [1.807, 2.05) is 13.0 Å². The highest BCUT2D eigenvalue weighted by molar-refractivity contribution is 5.88. The Balaban J connectivity index is 1.61. The van der Waals surface area contributed by atoms with Gasteiger partial charge < -0.3 is 9.15 Å². The van der Waals surface area contributed by atoms with E-state index in [0.717, 1.165) is 11.6 Å². The van der Waals surface area contributed by atoms with Gasteiger partial charge in [0.05, 0.1) is 11.1 Å². The Kier molecular flexibility index (Phi) is 4.04. The molecule has 0 saturated carbocycles. The Hall–Kier alpha value is -3.74. The van der Waals surface area contributed by atoms with Gasteiger partial charge in [-0.05, 0) is 30.7 Å². The van der Waals surface area contributed by atoms with Crippen LogP contribution in [0.25, 0.3) is 16.6 Å². The van der Waals surface area contributed by atoms with Crippen molar-refractivity contribution in [3.05, 3.63) is 92.3 Å². The van der Waals surface area contributed by atoms with Gasteiger partial charge in [-0.1, -0.05) is 18.2 Å². The molecule has 4 aromatic rings. The maximum Gasteiger partial charge on any atom is 0.374 e. The van der Waals surface area contributed by atoms with Gasteiger partial charge in [-0.3, -0.25) is 14.0 Å². The van der Waals surface area contributed by atoms with Gasteiger partial charge in [-0.2, -0.15) is 0 Å². The zero-order valence-electron chi connectivity index (χ0n) is 14.3. The fraction of sp³-hybridized carbons (Fsp3) is 0.100. The molecule has 0 spiro atoms. The predicted molar refractivity (Wildman–Crippen MR) is 97.8 cm³/mol. The molecule has 0 atom stereocenters. The second kappa shape index (κ2) is 6.53. The maximum absolute atomic E-state index is 12.3. The lowest BCUT2D eigenvalue weighted by atomic mass is 10.2. The van der Waals surface area contributed by atoms with Crippen molar-refractivity contribution in [1.82, 2.24) is 9.38 Å². The Morgan fingerprint density at radius 3 is 2.81 bits per heavy atom. The largest absolute Gasteiger partial charge is 0.453 e. The minimum atomic E-state index is -0.801. The summed E-state index contributed by atoms with van der Waals surface area (Å²) in [7, 11) is 0. The predicted octanol–water partition coefficient (Wildman–Crippen LogP) is 2.47. The van der Waals surface area contributed by atoms with Crippen LogP contribution in [0, 0.1) is 6.92 Å². The van der Waals surface area contributed by atoms with Gasteiger partial charge in [0.25, 0.3) is 5.56 Å². The van der Waals surface area contributed by atoms with E-state index in [1.165, 1.54) is 10.5 Å². The molecular formula is C20H14N2O5. The first kappa shape index (κ1) is 16.7. The first-order valence-electron chi connectivity index (χ1n) is 8.21. The van der Waals surface area contributed by atoms with Crippen molar-refractivity contribution < 1.29 is 13.9 Å². The van der Waals surface area contributed by atoms with Crippen molar-refractivity contribution in [2.24, 2.45) is 0 Å².